The maximum atomic E-state index is 5.45. The van der Waals surface area contributed by atoms with Gasteiger partial charge in [-0.3, -0.25) is 0 Å². The van der Waals surface area contributed by atoms with Gasteiger partial charge in [0.25, 0.3) is 0 Å². The second-order valence-corrected chi connectivity index (χ2v) is 3.67. The van der Waals surface area contributed by atoms with Crippen LogP contribution in [0.3, 0.4) is 0 Å². The number of nitrogens with two attached hydrogens (primary N) is 1. The molecule has 2 aliphatic rings. The van der Waals surface area contributed by atoms with E-state index in [0.29, 0.717) is 11.8 Å². The average molecular weight is 165 g/mol. The molecule has 1 unspecified atom stereocenters. The number of hydrogen-bond acceptors (Lipinski definition) is 4. The van der Waals surface area contributed by atoms with E-state index in [9.17, 15) is 0 Å². The Morgan fingerprint density at radius 2 is 2.25 bits per heavy atom. The van der Waals surface area contributed by atoms with E-state index in [1.54, 1.807) is 0 Å². The fourth-order valence-electron chi connectivity index (χ4n) is 2.32. The maximum Gasteiger partial charge on any atom is 0.222 e. The lowest BCUT2D eigenvalue weighted by Gasteiger charge is -1.98. The fourth-order valence-corrected chi connectivity index (χ4v) is 2.32. The van der Waals surface area contributed by atoms with Crippen LogP contribution in [0.1, 0.15) is 11.6 Å². The van der Waals surface area contributed by atoms with Gasteiger partial charge in [-0.2, -0.15) is 0 Å². The first-order valence-corrected chi connectivity index (χ1v) is 4.29. The lowest BCUT2D eigenvalue weighted by molar-refractivity contribution is 0.424. The number of nitrogen functional groups attached to an aromatic ring is 1. The molecule has 64 valence electrons. The Bertz CT molecular complexity index is 299. The van der Waals surface area contributed by atoms with Crippen molar-refractivity contribution in [1.29, 1.82) is 0 Å². The van der Waals surface area contributed by atoms with Crippen LogP contribution in [0.2, 0.25) is 0 Å². The molecule has 12 heavy (non-hydrogen) atoms. The molecule has 1 saturated heterocycles. The van der Waals surface area contributed by atoms with E-state index < -0.39 is 0 Å². The summed E-state index contributed by atoms with van der Waals surface area (Å²) in [6.07, 6.45) is 0. The molecule has 3 N–H and O–H groups in total. The Hall–Kier alpha value is -1.03. The summed E-state index contributed by atoms with van der Waals surface area (Å²) >= 11 is 0. The molecule has 2 heterocycles. The predicted octanol–water partition coefficient (Wildman–Crippen LogP) is 0.190. The molecule has 2 fully saturated rings. The minimum atomic E-state index is 0.433. The number of nitrogens with zero attached hydrogens (tertiary/aromatic N) is 1. The topological polar surface area (TPSA) is 64.1 Å². The van der Waals surface area contributed by atoms with Crippen LogP contribution in [0, 0.1) is 11.8 Å². The Kier molecular flexibility index (Phi) is 1.09. The molecule has 3 atom stereocenters. The second-order valence-electron chi connectivity index (χ2n) is 3.67. The third-order valence-corrected chi connectivity index (χ3v) is 2.98. The van der Waals surface area contributed by atoms with Crippen molar-refractivity contribution in [2.75, 3.05) is 18.8 Å². The summed E-state index contributed by atoms with van der Waals surface area (Å²) < 4.78 is 4.84. The van der Waals surface area contributed by atoms with Crippen LogP contribution < -0.4 is 11.1 Å². The first-order chi connectivity index (χ1) is 5.86. The van der Waals surface area contributed by atoms with Crippen molar-refractivity contribution in [1.82, 2.24) is 10.5 Å². The largest absolute Gasteiger partial charge is 0.368 e. The number of fused-ring (bicyclic) bond motifs is 1. The third-order valence-electron chi connectivity index (χ3n) is 2.98. The molecule has 0 radical (unpaired) electrons. The van der Waals surface area contributed by atoms with Gasteiger partial charge in [0.15, 0.2) is 0 Å². The van der Waals surface area contributed by atoms with Crippen LogP contribution in [-0.4, -0.2) is 18.2 Å². The summed E-state index contributed by atoms with van der Waals surface area (Å²) in [6, 6.07) is 1.85. The second kappa shape index (κ2) is 2.01. The molecular weight excluding hydrogens is 154 g/mol. The van der Waals surface area contributed by atoms with E-state index in [4.69, 9.17) is 10.3 Å². The van der Waals surface area contributed by atoms with Crippen molar-refractivity contribution >= 4 is 5.88 Å². The summed E-state index contributed by atoms with van der Waals surface area (Å²) in [5.74, 6) is 2.62. The highest BCUT2D eigenvalue weighted by atomic mass is 16.5. The molecule has 1 aliphatic carbocycles. The van der Waals surface area contributed by atoms with Gasteiger partial charge in [0, 0.05) is 12.0 Å². The summed E-state index contributed by atoms with van der Waals surface area (Å²) in [7, 11) is 0. The van der Waals surface area contributed by atoms with Crippen molar-refractivity contribution < 1.29 is 4.52 Å². The molecule has 1 aliphatic heterocycles. The lowest BCUT2D eigenvalue weighted by atomic mass is 10.2. The molecule has 4 heteroatoms. The average Bonchev–Trinajstić information content (AvgIpc) is 2.55. The van der Waals surface area contributed by atoms with Crippen LogP contribution in [0.25, 0.3) is 0 Å². The smallest absolute Gasteiger partial charge is 0.222 e. The lowest BCUT2D eigenvalue weighted by Crippen LogP contribution is -2.14. The Morgan fingerprint density at radius 3 is 2.83 bits per heavy atom. The summed E-state index contributed by atoms with van der Waals surface area (Å²) in [4.78, 5) is 0. The standard InChI is InChI=1S/C8H11N3O/c9-7-1-6(11-12-7)8-4-2-10-3-5(4)8/h1,4-5,8,10H,2-3,9H2/t4-,5+,8?. The van der Waals surface area contributed by atoms with E-state index in [1.165, 1.54) is 0 Å². The zero-order chi connectivity index (χ0) is 8.13. The zero-order valence-electron chi connectivity index (χ0n) is 6.66. The number of anilines is 1. The van der Waals surface area contributed by atoms with Gasteiger partial charge >= 0.3 is 0 Å². The van der Waals surface area contributed by atoms with Gasteiger partial charge in [0.1, 0.15) is 0 Å². The number of piperidine rings is 1. The van der Waals surface area contributed by atoms with Crippen LogP contribution in [0.4, 0.5) is 5.88 Å². The predicted molar refractivity (Wildman–Crippen MR) is 43.5 cm³/mol. The first kappa shape index (κ1) is 6.48. The van der Waals surface area contributed by atoms with Gasteiger partial charge in [0.2, 0.25) is 5.88 Å². The van der Waals surface area contributed by atoms with Gasteiger partial charge < -0.3 is 15.6 Å². The zero-order valence-corrected chi connectivity index (χ0v) is 6.66. The summed E-state index contributed by atoms with van der Waals surface area (Å²) in [5.41, 5.74) is 6.50. The highest BCUT2D eigenvalue weighted by Gasteiger charge is 2.54. The van der Waals surface area contributed by atoms with Crippen LogP contribution in [-0.2, 0) is 0 Å². The minimum Gasteiger partial charge on any atom is -0.368 e. The molecule has 0 amide bonds. The number of aromatic nitrogens is 1. The Labute approximate surface area is 70.1 Å². The molecule has 0 aromatic carbocycles. The Balaban J connectivity index is 1.84. The van der Waals surface area contributed by atoms with Crippen molar-refractivity contribution in [3.05, 3.63) is 11.8 Å². The molecular formula is C8H11N3O. The van der Waals surface area contributed by atoms with Gasteiger partial charge in [-0.25, -0.2) is 0 Å². The van der Waals surface area contributed by atoms with E-state index in [1.807, 2.05) is 6.07 Å². The fraction of sp³-hybridized carbons (Fsp3) is 0.625. The highest BCUT2D eigenvalue weighted by molar-refractivity contribution is 5.32. The van der Waals surface area contributed by atoms with Gasteiger partial charge in [0.05, 0.1) is 5.69 Å². The number of hydrogen-bond donors (Lipinski definition) is 2. The normalized spacial score (nSPS) is 38.2. The van der Waals surface area contributed by atoms with Gasteiger partial charge in [-0.15, -0.1) is 0 Å². The SMILES string of the molecule is Nc1cc(C2[C@H]3CNC[C@@H]23)no1. The molecule has 4 nitrogen and oxygen atoms in total. The van der Waals surface area contributed by atoms with E-state index >= 15 is 0 Å². The molecule has 1 saturated carbocycles. The van der Waals surface area contributed by atoms with Crippen molar-refractivity contribution in [2.45, 2.75) is 5.92 Å². The quantitative estimate of drug-likeness (QED) is 0.623. The van der Waals surface area contributed by atoms with E-state index in [-0.39, 0.29) is 0 Å². The number of nitrogens with one attached hydrogen (secondary N) is 1. The Morgan fingerprint density at radius 1 is 1.50 bits per heavy atom. The maximum absolute atomic E-state index is 5.45. The van der Waals surface area contributed by atoms with E-state index in [2.05, 4.69) is 10.5 Å². The third kappa shape index (κ3) is 0.728. The van der Waals surface area contributed by atoms with Crippen LogP contribution >= 0.6 is 0 Å². The molecule has 3 rings (SSSR count). The van der Waals surface area contributed by atoms with Gasteiger partial charge in [-0.05, 0) is 24.9 Å². The molecule has 1 aromatic heterocycles. The first-order valence-electron chi connectivity index (χ1n) is 4.29. The van der Waals surface area contributed by atoms with Crippen molar-refractivity contribution in [3.8, 4) is 0 Å². The van der Waals surface area contributed by atoms with Crippen molar-refractivity contribution in [2.24, 2.45) is 11.8 Å². The highest BCUT2D eigenvalue weighted by Crippen LogP contribution is 2.55. The molecule has 0 bridgehead atoms. The summed E-state index contributed by atoms with van der Waals surface area (Å²) in [5, 5.41) is 7.27. The van der Waals surface area contributed by atoms with Crippen LogP contribution in [0.15, 0.2) is 10.6 Å². The minimum absolute atomic E-state index is 0.433. The van der Waals surface area contributed by atoms with Crippen LogP contribution in [0.5, 0.6) is 0 Å². The van der Waals surface area contributed by atoms with Gasteiger partial charge in [-0.1, -0.05) is 5.16 Å². The van der Waals surface area contributed by atoms with Crippen molar-refractivity contribution in [3.63, 3.8) is 0 Å². The van der Waals surface area contributed by atoms with E-state index in [0.717, 1.165) is 30.6 Å². The summed E-state index contributed by atoms with van der Waals surface area (Å²) in [6.45, 7) is 2.25. The molecule has 0 spiro atoms. The monoisotopic (exact) mass is 165 g/mol. The number of rotatable bonds is 1. The molecule has 1 aromatic rings.